The minimum absolute atomic E-state index is 0.342. The van der Waals surface area contributed by atoms with Gasteiger partial charge in [0.2, 0.25) is 0 Å². The summed E-state index contributed by atoms with van der Waals surface area (Å²) in [4.78, 5) is 2.03. The maximum Gasteiger partial charge on any atom is 0.0900 e. The summed E-state index contributed by atoms with van der Waals surface area (Å²) in [6.45, 7) is 1.61. The summed E-state index contributed by atoms with van der Waals surface area (Å²) < 4.78 is 6.73. The maximum atomic E-state index is 9.71. The van der Waals surface area contributed by atoms with Crippen molar-refractivity contribution in [1.29, 1.82) is 0 Å². The Morgan fingerprint density at radius 2 is 2.10 bits per heavy atom. The fraction of sp³-hybridized carbons (Fsp3) is 0.400. The Labute approximate surface area is 129 Å². The Hall–Kier alpha value is -1.40. The molecule has 0 spiro atoms. The van der Waals surface area contributed by atoms with E-state index in [0.717, 1.165) is 11.3 Å². The maximum absolute atomic E-state index is 9.71. The van der Waals surface area contributed by atoms with Gasteiger partial charge in [-0.1, -0.05) is 11.6 Å². The molecule has 1 heterocycles. The molecule has 1 N–H and O–H groups in total. The predicted molar refractivity (Wildman–Crippen MR) is 82.8 cm³/mol. The zero-order chi connectivity index (χ0) is 15.2. The van der Waals surface area contributed by atoms with Crippen molar-refractivity contribution in [2.75, 3.05) is 27.3 Å². The third-order valence-corrected chi connectivity index (χ3v) is 3.31. The number of aromatic nitrogens is 2. The number of halogens is 1. The van der Waals surface area contributed by atoms with Gasteiger partial charge >= 0.3 is 0 Å². The zero-order valence-electron chi connectivity index (χ0n) is 12.2. The highest BCUT2D eigenvalue weighted by molar-refractivity contribution is 6.30. The van der Waals surface area contributed by atoms with Gasteiger partial charge in [0.1, 0.15) is 0 Å². The molecule has 6 heteroatoms. The molecule has 0 amide bonds. The van der Waals surface area contributed by atoms with E-state index >= 15 is 0 Å². The Balaban J connectivity index is 1.95. The SMILES string of the molecule is COCC(O)CN(C)Cc1cnn(-c2ccc(Cl)cc2)c1. The van der Waals surface area contributed by atoms with Crippen LogP contribution in [0.15, 0.2) is 36.7 Å². The van der Waals surface area contributed by atoms with Crippen LogP contribution in [0.25, 0.3) is 5.69 Å². The zero-order valence-corrected chi connectivity index (χ0v) is 13.0. The molecular weight excluding hydrogens is 290 g/mol. The highest BCUT2D eigenvalue weighted by atomic mass is 35.5. The molecular formula is C15H20ClN3O2. The molecule has 0 aliphatic carbocycles. The molecule has 2 aromatic rings. The average molecular weight is 310 g/mol. The molecule has 0 fully saturated rings. The number of ether oxygens (including phenoxy) is 1. The molecule has 1 atom stereocenters. The second-order valence-corrected chi connectivity index (χ2v) is 5.51. The van der Waals surface area contributed by atoms with E-state index in [2.05, 4.69) is 5.10 Å². The monoisotopic (exact) mass is 309 g/mol. The van der Waals surface area contributed by atoms with Gasteiger partial charge in [0.05, 0.1) is 24.6 Å². The lowest BCUT2D eigenvalue weighted by molar-refractivity contribution is 0.0419. The van der Waals surface area contributed by atoms with Crippen LogP contribution in [-0.4, -0.2) is 53.2 Å². The Bertz CT molecular complexity index is 556. The summed E-state index contributed by atoms with van der Waals surface area (Å²) in [5.74, 6) is 0. The number of likely N-dealkylation sites (N-methyl/N-ethyl adjacent to an activating group) is 1. The molecule has 1 unspecified atom stereocenters. The van der Waals surface area contributed by atoms with E-state index in [9.17, 15) is 5.11 Å². The molecule has 114 valence electrons. The molecule has 5 nitrogen and oxygen atoms in total. The first-order valence-electron chi connectivity index (χ1n) is 6.73. The van der Waals surface area contributed by atoms with Crippen LogP contribution in [0.4, 0.5) is 0 Å². The topological polar surface area (TPSA) is 50.5 Å². The number of rotatable bonds is 7. The fourth-order valence-corrected chi connectivity index (χ4v) is 2.28. The summed E-state index contributed by atoms with van der Waals surface area (Å²) in [7, 11) is 3.54. The van der Waals surface area contributed by atoms with Gasteiger partial charge in [0.15, 0.2) is 0 Å². The van der Waals surface area contributed by atoms with Crippen LogP contribution in [0.2, 0.25) is 5.02 Å². The average Bonchev–Trinajstić information content (AvgIpc) is 2.88. The van der Waals surface area contributed by atoms with Crippen LogP contribution in [0.3, 0.4) is 0 Å². The third-order valence-electron chi connectivity index (χ3n) is 3.06. The number of nitrogens with zero attached hydrogens (tertiary/aromatic N) is 3. The van der Waals surface area contributed by atoms with Gasteiger partial charge in [-0.2, -0.15) is 5.10 Å². The second-order valence-electron chi connectivity index (χ2n) is 5.08. The van der Waals surface area contributed by atoms with Crippen molar-refractivity contribution < 1.29 is 9.84 Å². The van der Waals surface area contributed by atoms with Crippen LogP contribution in [0, 0.1) is 0 Å². The van der Waals surface area contributed by atoms with E-state index in [0.29, 0.717) is 24.7 Å². The quantitative estimate of drug-likeness (QED) is 0.849. The normalized spacial score (nSPS) is 12.8. The Morgan fingerprint density at radius 1 is 1.38 bits per heavy atom. The first-order valence-corrected chi connectivity index (χ1v) is 7.11. The highest BCUT2D eigenvalue weighted by Gasteiger charge is 2.09. The van der Waals surface area contributed by atoms with Crippen molar-refractivity contribution in [3.63, 3.8) is 0 Å². The van der Waals surface area contributed by atoms with Gasteiger partial charge in [0, 0.05) is 37.0 Å². The van der Waals surface area contributed by atoms with E-state index < -0.39 is 6.10 Å². The number of hydrogen-bond acceptors (Lipinski definition) is 4. The lowest BCUT2D eigenvalue weighted by atomic mass is 10.3. The van der Waals surface area contributed by atoms with Crippen LogP contribution in [-0.2, 0) is 11.3 Å². The number of aliphatic hydroxyl groups is 1. The Kier molecular flexibility index (Phi) is 5.76. The van der Waals surface area contributed by atoms with Gasteiger partial charge in [-0.15, -0.1) is 0 Å². The first-order chi connectivity index (χ1) is 10.1. The number of aliphatic hydroxyl groups excluding tert-OH is 1. The molecule has 1 aromatic heterocycles. The van der Waals surface area contributed by atoms with Crippen LogP contribution < -0.4 is 0 Å². The van der Waals surface area contributed by atoms with Gasteiger partial charge in [0.25, 0.3) is 0 Å². The summed E-state index contributed by atoms with van der Waals surface area (Å²) >= 11 is 5.88. The van der Waals surface area contributed by atoms with Crippen LogP contribution >= 0.6 is 11.6 Å². The van der Waals surface area contributed by atoms with Gasteiger partial charge in [-0.3, -0.25) is 4.90 Å². The molecule has 21 heavy (non-hydrogen) atoms. The van der Waals surface area contributed by atoms with Crippen molar-refractivity contribution in [2.45, 2.75) is 12.6 Å². The summed E-state index contributed by atoms with van der Waals surface area (Å²) in [5, 5.41) is 14.8. The van der Waals surface area contributed by atoms with E-state index in [1.807, 2.05) is 53.3 Å². The lowest BCUT2D eigenvalue weighted by Crippen LogP contribution is -2.31. The minimum atomic E-state index is -0.480. The van der Waals surface area contributed by atoms with Gasteiger partial charge in [-0.25, -0.2) is 4.68 Å². The van der Waals surface area contributed by atoms with Crippen molar-refractivity contribution in [3.05, 3.63) is 47.2 Å². The summed E-state index contributed by atoms with van der Waals surface area (Å²) in [6.07, 6.45) is 3.32. The van der Waals surface area contributed by atoms with Gasteiger partial charge < -0.3 is 9.84 Å². The predicted octanol–water partition coefficient (Wildman–Crippen LogP) is 1.96. The lowest BCUT2D eigenvalue weighted by Gasteiger charge is -2.19. The molecule has 0 aliphatic heterocycles. The Morgan fingerprint density at radius 3 is 2.76 bits per heavy atom. The first kappa shape index (κ1) is 16.0. The molecule has 2 rings (SSSR count). The molecule has 0 radical (unpaired) electrons. The van der Waals surface area contributed by atoms with E-state index in [-0.39, 0.29) is 0 Å². The van der Waals surface area contributed by atoms with E-state index in [1.54, 1.807) is 7.11 Å². The smallest absolute Gasteiger partial charge is 0.0900 e. The van der Waals surface area contributed by atoms with Gasteiger partial charge in [-0.05, 0) is 31.3 Å². The van der Waals surface area contributed by atoms with Crippen LogP contribution in [0.5, 0.6) is 0 Å². The minimum Gasteiger partial charge on any atom is -0.389 e. The fourth-order valence-electron chi connectivity index (χ4n) is 2.16. The van der Waals surface area contributed by atoms with Crippen molar-refractivity contribution >= 4 is 11.6 Å². The summed E-state index contributed by atoms with van der Waals surface area (Å²) in [5.41, 5.74) is 2.05. The molecule has 0 saturated heterocycles. The van der Waals surface area contributed by atoms with E-state index in [1.165, 1.54) is 0 Å². The standard InChI is InChI=1S/C15H20ClN3O2/c1-18(10-15(20)11-21-2)8-12-7-17-19(9-12)14-5-3-13(16)4-6-14/h3-7,9,15,20H,8,10-11H2,1-2H3. The van der Waals surface area contributed by atoms with Crippen molar-refractivity contribution in [3.8, 4) is 5.69 Å². The number of methoxy groups -OCH3 is 1. The van der Waals surface area contributed by atoms with E-state index in [4.69, 9.17) is 16.3 Å². The highest BCUT2D eigenvalue weighted by Crippen LogP contribution is 2.14. The third kappa shape index (κ3) is 4.82. The molecule has 0 bridgehead atoms. The largest absolute Gasteiger partial charge is 0.389 e. The van der Waals surface area contributed by atoms with Crippen LogP contribution in [0.1, 0.15) is 5.56 Å². The number of benzene rings is 1. The van der Waals surface area contributed by atoms with Crippen molar-refractivity contribution in [1.82, 2.24) is 14.7 Å². The van der Waals surface area contributed by atoms with Crippen molar-refractivity contribution in [2.24, 2.45) is 0 Å². The second kappa shape index (κ2) is 7.56. The summed E-state index contributed by atoms with van der Waals surface area (Å²) in [6, 6.07) is 7.52. The molecule has 0 saturated carbocycles. The molecule has 1 aromatic carbocycles. The molecule has 0 aliphatic rings. The number of hydrogen-bond donors (Lipinski definition) is 1.